The summed E-state index contributed by atoms with van der Waals surface area (Å²) in [6, 6.07) is 0. The largest absolute Gasteiger partial charge is 0.316 e. The standard InChI is InChI=1S/C14H24ClN/c1-13(2)10-16-9-8-14(13,3)11-4-6-12(15)7-5-11/h6,11,16H,4-5,7-10H2,1-3H3. The van der Waals surface area contributed by atoms with E-state index in [4.69, 9.17) is 11.6 Å². The number of hydrogen-bond acceptors (Lipinski definition) is 1. The highest BCUT2D eigenvalue weighted by Crippen LogP contribution is 2.53. The van der Waals surface area contributed by atoms with E-state index in [2.05, 4.69) is 32.2 Å². The fraction of sp³-hybridized carbons (Fsp3) is 0.857. The minimum Gasteiger partial charge on any atom is -0.316 e. The van der Waals surface area contributed by atoms with E-state index in [0.29, 0.717) is 10.8 Å². The summed E-state index contributed by atoms with van der Waals surface area (Å²) in [7, 11) is 0. The maximum absolute atomic E-state index is 6.09. The van der Waals surface area contributed by atoms with Crippen LogP contribution in [-0.2, 0) is 0 Å². The lowest BCUT2D eigenvalue weighted by atomic mass is 9.55. The molecule has 0 aromatic rings. The van der Waals surface area contributed by atoms with Crippen LogP contribution in [0.5, 0.6) is 0 Å². The number of nitrogens with one attached hydrogen (secondary N) is 1. The van der Waals surface area contributed by atoms with E-state index in [1.165, 1.54) is 25.8 Å². The van der Waals surface area contributed by atoms with Crippen LogP contribution >= 0.6 is 11.6 Å². The Balaban J connectivity index is 2.17. The average Bonchev–Trinajstić information content (AvgIpc) is 2.23. The molecule has 1 aliphatic carbocycles. The molecule has 1 aliphatic heterocycles. The molecule has 2 heteroatoms. The zero-order valence-corrected chi connectivity index (χ0v) is 11.5. The summed E-state index contributed by atoms with van der Waals surface area (Å²) in [5.41, 5.74) is 0.861. The summed E-state index contributed by atoms with van der Waals surface area (Å²) in [6.45, 7) is 9.65. The molecule has 92 valence electrons. The molecule has 2 atom stereocenters. The van der Waals surface area contributed by atoms with E-state index >= 15 is 0 Å². The molecule has 0 aromatic carbocycles. The minimum atomic E-state index is 0.396. The van der Waals surface area contributed by atoms with E-state index in [1.54, 1.807) is 0 Å². The highest BCUT2D eigenvalue weighted by Gasteiger charge is 2.47. The summed E-state index contributed by atoms with van der Waals surface area (Å²) >= 11 is 6.09. The zero-order valence-electron chi connectivity index (χ0n) is 10.8. The summed E-state index contributed by atoms with van der Waals surface area (Å²) in [6.07, 6.45) is 7.09. The van der Waals surface area contributed by atoms with Gasteiger partial charge in [0, 0.05) is 11.6 Å². The molecule has 1 nitrogen and oxygen atoms in total. The van der Waals surface area contributed by atoms with Gasteiger partial charge in [-0.15, -0.1) is 0 Å². The number of hydrogen-bond donors (Lipinski definition) is 1. The zero-order chi connectivity index (χ0) is 11.8. The van der Waals surface area contributed by atoms with E-state index in [9.17, 15) is 0 Å². The maximum Gasteiger partial charge on any atom is 0.0141 e. The Labute approximate surface area is 105 Å². The van der Waals surface area contributed by atoms with Crippen molar-refractivity contribution < 1.29 is 0 Å². The van der Waals surface area contributed by atoms with Crippen molar-refractivity contribution in [3.63, 3.8) is 0 Å². The lowest BCUT2D eigenvalue weighted by molar-refractivity contribution is -0.0152. The van der Waals surface area contributed by atoms with Crippen molar-refractivity contribution in [2.45, 2.75) is 46.5 Å². The minimum absolute atomic E-state index is 0.396. The lowest BCUT2D eigenvalue weighted by Crippen LogP contribution is -2.53. The van der Waals surface area contributed by atoms with Crippen LogP contribution < -0.4 is 5.32 Å². The monoisotopic (exact) mass is 241 g/mol. The molecule has 2 aliphatic rings. The molecule has 1 saturated heterocycles. The third-order valence-electron chi connectivity index (χ3n) is 5.19. The molecular weight excluding hydrogens is 218 g/mol. The molecule has 2 unspecified atom stereocenters. The molecule has 0 bridgehead atoms. The number of piperidine rings is 1. The van der Waals surface area contributed by atoms with Crippen LogP contribution in [-0.4, -0.2) is 13.1 Å². The van der Waals surface area contributed by atoms with Crippen LogP contribution in [0.3, 0.4) is 0 Å². The van der Waals surface area contributed by atoms with Gasteiger partial charge in [0.15, 0.2) is 0 Å². The maximum atomic E-state index is 6.09. The number of halogens is 1. The van der Waals surface area contributed by atoms with Crippen molar-refractivity contribution in [3.8, 4) is 0 Å². The molecule has 1 heterocycles. The quantitative estimate of drug-likeness (QED) is 0.734. The predicted molar refractivity (Wildman–Crippen MR) is 70.7 cm³/mol. The summed E-state index contributed by atoms with van der Waals surface area (Å²) in [5.74, 6) is 0.812. The SMILES string of the molecule is CC1(C)CNCCC1(C)C1CC=C(Cl)CC1. The van der Waals surface area contributed by atoms with Crippen LogP contribution in [0.1, 0.15) is 46.5 Å². The van der Waals surface area contributed by atoms with Gasteiger partial charge in [-0.1, -0.05) is 38.4 Å². The molecule has 0 amide bonds. The first-order valence-electron chi connectivity index (χ1n) is 6.51. The van der Waals surface area contributed by atoms with E-state index < -0.39 is 0 Å². The van der Waals surface area contributed by atoms with Crippen molar-refractivity contribution >= 4 is 11.6 Å². The normalized spacial score (nSPS) is 39.2. The molecule has 0 saturated carbocycles. The first kappa shape index (κ1) is 12.4. The van der Waals surface area contributed by atoms with Gasteiger partial charge in [-0.05, 0) is 49.0 Å². The Bertz CT molecular complexity index is 295. The number of rotatable bonds is 1. The highest BCUT2D eigenvalue weighted by molar-refractivity contribution is 6.29. The van der Waals surface area contributed by atoms with E-state index in [1.807, 2.05) is 0 Å². The van der Waals surface area contributed by atoms with Crippen LogP contribution in [0.15, 0.2) is 11.1 Å². The van der Waals surface area contributed by atoms with Crippen molar-refractivity contribution in [3.05, 3.63) is 11.1 Å². The first-order valence-corrected chi connectivity index (χ1v) is 6.89. The van der Waals surface area contributed by atoms with Gasteiger partial charge in [-0.25, -0.2) is 0 Å². The molecule has 1 fully saturated rings. The molecular formula is C14H24ClN. The third-order valence-corrected chi connectivity index (χ3v) is 5.53. The first-order chi connectivity index (χ1) is 7.46. The van der Waals surface area contributed by atoms with Gasteiger partial charge >= 0.3 is 0 Å². The summed E-state index contributed by atoms with van der Waals surface area (Å²) < 4.78 is 0. The van der Waals surface area contributed by atoms with Crippen LogP contribution in [0, 0.1) is 16.7 Å². The third kappa shape index (κ3) is 2.04. The van der Waals surface area contributed by atoms with Gasteiger partial charge in [0.2, 0.25) is 0 Å². The Morgan fingerprint density at radius 3 is 2.69 bits per heavy atom. The summed E-state index contributed by atoms with van der Waals surface area (Å²) in [4.78, 5) is 0. The second kappa shape index (κ2) is 4.34. The fourth-order valence-corrected chi connectivity index (χ4v) is 3.63. The number of allylic oxidation sites excluding steroid dienone is 2. The van der Waals surface area contributed by atoms with Crippen LogP contribution in [0.2, 0.25) is 0 Å². The molecule has 0 radical (unpaired) electrons. The molecule has 1 N–H and O–H groups in total. The van der Waals surface area contributed by atoms with Crippen molar-refractivity contribution in [2.24, 2.45) is 16.7 Å². The smallest absolute Gasteiger partial charge is 0.0141 e. The van der Waals surface area contributed by atoms with Gasteiger partial charge in [-0.3, -0.25) is 0 Å². The Kier molecular flexibility index (Phi) is 3.38. The van der Waals surface area contributed by atoms with Crippen LogP contribution in [0.4, 0.5) is 0 Å². The lowest BCUT2D eigenvalue weighted by Gasteiger charge is -2.53. The van der Waals surface area contributed by atoms with Crippen molar-refractivity contribution in [2.75, 3.05) is 13.1 Å². The van der Waals surface area contributed by atoms with Crippen LogP contribution in [0.25, 0.3) is 0 Å². The van der Waals surface area contributed by atoms with Gasteiger partial charge < -0.3 is 5.32 Å². The molecule has 0 aromatic heterocycles. The van der Waals surface area contributed by atoms with E-state index in [0.717, 1.165) is 23.9 Å². The highest BCUT2D eigenvalue weighted by atomic mass is 35.5. The topological polar surface area (TPSA) is 12.0 Å². The molecule has 0 spiro atoms. The van der Waals surface area contributed by atoms with Gasteiger partial charge in [0.1, 0.15) is 0 Å². The fourth-order valence-electron chi connectivity index (χ4n) is 3.43. The predicted octanol–water partition coefficient (Wildman–Crippen LogP) is 3.94. The Hall–Kier alpha value is -0.0100. The Morgan fingerprint density at radius 2 is 2.12 bits per heavy atom. The van der Waals surface area contributed by atoms with Gasteiger partial charge in [0.05, 0.1) is 0 Å². The second-order valence-corrected chi connectivity index (χ2v) is 6.84. The van der Waals surface area contributed by atoms with Gasteiger partial charge in [-0.2, -0.15) is 0 Å². The second-order valence-electron chi connectivity index (χ2n) is 6.35. The average molecular weight is 242 g/mol. The van der Waals surface area contributed by atoms with Gasteiger partial charge in [0.25, 0.3) is 0 Å². The van der Waals surface area contributed by atoms with Crippen molar-refractivity contribution in [1.29, 1.82) is 0 Å². The molecule has 2 rings (SSSR count). The summed E-state index contributed by atoms with van der Waals surface area (Å²) in [5, 5.41) is 4.61. The van der Waals surface area contributed by atoms with Crippen molar-refractivity contribution in [1.82, 2.24) is 5.32 Å². The Morgan fingerprint density at radius 1 is 1.38 bits per heavy atom. The molecule has 16 heavy (non-hydrogen) atoms. The van der Waals surface area contributed by atoms with E-state index in [-0.39, 0.29) is 0 Å².